The van der Waals surface area contributed by atoms with Gasteiger partial charge in [0, 0.05) is 25.3 Å². The number of rotatable bonds is 7. The van der Waals surface area contributed by atoms with Gasteiger partial charge in [0.15, 0.2) is 0 Å². The van der Waals surface area contributed by atoms with Crippen molar-refractivity contribution < 1.29 is 19.8 Å². The number of hydrogen-bond acceptors (Lipinski definition) is 3. The monoisotopic (exact) mass is 201 g/mol. The van der Waals surface area contributed by atoms with Crippen molar-refractivity contribution in [2.75, 3.05) is 13.2 Å². The van der Waals surface area contributed by atoms with Gasteiger partial charge in [-0.15, -0.1) is 0 Å². The van der Waals surface area contributed by atoms with Crippen molar-refractivity contribution in [1.82, 2.24) is 5.32 Å². The lowest BCUT2D eigenvalue weighted by Crippen LogP contribution is -2.22. The zero-order chi connectivity index (χ0) is 10.8. The molecule has 0 aromatic rings. The lowest BCUT2D eigenvalue weighted by atomic mass is 10.2. The maximum Gasteiger partial charge on any atom is 0.328 e. The minimum atomic E-state index is -1.14. The highest BCUT2D eigenvalue weighted by atomic mass is 16.4. The predicted octanol–water partition coefficient (Wildman–Crippen LogP) is -0.0940. The molecule has 0 saturated carbocycles. The van der Waals surface area contributed by atoms with Crippen molar-refractivity contribution in [3.8, 4) is 0 Å². The maximum atomic E-state index is 10.9. The Bertz CT molecular complexity index is 213. The number of unbranched alkanes of at least 4 members (excludes halogenated alkanes) is 2. The van der Waals surface area contributed by atoms with E-state index in [4.69, 9.17) is 10.2 Å². The number of nitrogens with one attached hydrogen (secondary N) is 1. The Labute approximate surface area is 82.4 Å². The second-order valence-electron chi connectivity index (χ2n) is 2.75. The van der Waals surface area contributed by atoms with Gasteiger partial charge in [-0.05, 0) is 19.3 Å². The van der Waals surface area contributed by atoms with Crippen molar-refractivity contribution in [2.24, 2.45) is 0 Å². The van der Waals surface area contributed by atoms with Crippen molar-refractivity contribution in [2.45, 2.75) is 19.3 Å². The average molecular weight is 201 g/mol. The average Bonchev–Trinajstić information content (AvgIpc) is 2.14. The Morgan fingerprint density at radius 1 is 1.14 bits per heavy atom. The summed E-state index contributed by atoms with van der Waals surface area (Å²) in [5.41, 5.74) is 0. The van der Waals surface area contributed by atoms with E-state index in [1.165, 1.54) is 0 Å². The Morgan fingerprint density at radius 3 is 2.43 bits per heavy atom. The molecule has 5 nitrogen and oxygen atoms in total. The molecule has 0 atom stereocenters. The van der Waals surface area contributed by atoms with Crippen LogP contribution in [0.5, 0.6) is 0 Å². The number of carbonyl (C=O) groups excluding carboxylic acids is 1. The molecule has 5 heteroatoms. The molecule has 0 aliphatic heterocycles. The Kier molecular flexibility index (Phi) is 7.45. The number of aliphatic hydroxyl groups is 1. The summed E-state index contributed by atoms with van der Waals surface area (Å²) in [6.45, 7) is 0.662. The highest BCUT2D eigenvalue weighted by Gasteiger charge is 1.95. The fourth-order valence-corrected chi connectivity index (χ4v) is 0.831. The van der Waals surface area contributed by atoms with E-state index in [-0.39, 0.29) is 6.61 Å². The first-order valence-corrected chi connectivity index (χ1v) is 4.46. The first-order chi connectivity index (χ1) is 6.66. The molecule has 0 unspecified atom stereocenters. The number of amides is 1. The molecule has 0 spiro atoms. The molecule has 14 heavy (non-hydrogen) atoms. The standard InChI is InChI=1S/C9H15NO4/c11-7-3-1-2-6-10-8(12)4-5-9(13)14/h4-5,11H,1-3,6-7H2,(H,10,12)(H,13,14)/b5-4-. The summed E-state index contributed by atoms with van der Waals surface area (Å²) in [7, 11) is 0. The summed E-state index contributed by atoms with van der Waals surface area (Å²) in [5.74, 6) is -1.54. The van der Waals surface area contributed by atoms with E-state index >= 15 is 0 Å². The van der Waals surface area contributed by atoms with Gasteiger partial charge in [0.25, 0.3) is 0 Å². The minimum absolute atomic E-state index is 0.160. The minimum Gasteiger partial charge on any atom is -0.478 e. The van der Waals surface area contributed by atoms with Crippen LogP contribution in [0.1, 0.15) is 19.3 Å². The van der Waals surface area contributed by atoms with Gasteiger partial charge in [0.1, 0.15) is 0 Å². The van der Waals surface area contributed by atoms with E-state index in [2.05, 4.69) is 5.32 Å². The number of aliphatic carboxylic acids is 1. The summed E-state index contributed by atoms with van der Waals surface area (Å²) in [4.78, 5) is 20.9. The molecule has 0 rings (SSSR count). The van der Waals surface area contributed by atoms with Gasteiger partial charge in [-0.25, -0.2) is 4.79 Å². The van der Waals surface area contributed by atoms with Crippen molar-refractivity contribution in [1.29, 1.82) is 0 Å². The van der Waals surface area contributed by atoms with Crippen LogP contribution in [-0.4, -0.2) is 35.2 Å². The zero-order valence-electron chi connectivity index (χ0n) is 7.90. The Hall–Kier alpha value is -1.36. The van der Waals surface area contributed by atoms with Gasteiger partial charge >= 0.3 is 5.97 Å². The van der Waals surface area contributed by atoms with Crippen LogP contribution < -0.4 is 5.32 Å². The Balaban J connectivity index is 3.40. The first kappa shape index (κ1) is 12.6. The van der Waals surface area contributed by atoms with Crippen LogP contribution in [0.2, 0.25) is 0 Å². The summed E-state index contributed by atoms with van der Waals surface area (Å²) in [6.07, 6.45) is 4.13. The molecule has 1 amide bonds. The molecule has 0 bridgehead atoms. The van der Waals surface area contributed by atoms with E-state index in [1.54, 1.807) is 0 Å². The van der Waals surface area contributed by atoms with Gasteiger partial charge in [-0.2, -0.15) is 0 Å². The van der Waals surface area contributed by atoms with Crippen LogP contribution in [0.4, 0.5) is 0 Å². The van der Waals surface area contributed by atoms with Crippen LogP contribution in [0.15, 0.2) is 12.2 Å². The van der Waals surface area contributed by atoms with Crippen LogP contribution in [0.3, 0.4) is 0 Å². The molecule has 0 aromatic carbocycles. The maximum absolute atomic E-state index is 10.9. The van der Waals surface area contributed by atoms with Gasteiger partial charge in [0.2, 0.25) is 5.91 Å². The van der Waals surface area contributed by atoms with Crippen LogP contribution in [0.25, 0.3) is 0 Å². The van der Waals surface area contributed by atoms with Crippen LogP contribution in [0, 0.1) is 0 Å². The van der Waals surface area contributed by atoms with E-state index in [0.29, 0.717) is 6.54 Å². The van der Waals surface area contributed by atoms with E-state index in [0.717, 1.165) is 31.4 Å². The molecular formula is C9H15NO4. The second-order valence-corrected chi connectivity index (χ2v) is 2.75. The summed E-state index contributed by atoms with van der Waals surface area (Å²) >= 11 is 0. The molecule has 0 fully saturated rings. The topological polar surface area (TPSA) is 86.6 Å². The third-order valence-electron chi connectivity index (χ3n) is 1.51. The smallest absolute Gasteiger partial charge is 0.328 e. The molecule has 0 saturated heterocycles. The Morgan fingerprint density at radius 2 is 1.86 bits per heavy atom. The number of aliphatic hydroxyl groups excluding tert-OH is 1. The fourth-order valence-electron chi connectivity index (χ4n) is 0.831. The molecule has 3 N–H and O–H groups in total. The largest absolute Gasteiger partial charge is 0.478 e. The molecule has 0 aliphatic rings. The molecular weight excluding hydrogens is 186 g/mol. The molecule has 0 radical (unpaired) electrons. The quantitative estimate of drug-likeness (QED) is 0.396. The third kappa shape index (κ3) is 8.73. The first-order valence-electron chi connectivity index (χ1n) is 4.46. The molecule has 0 aliphatic carbocycles. The second kappa shape index (κ2) is 8.25. The summed E-state index contributed by atoms with van der Waals surface area (Å²) in [6, 6.07) is 0. The van der Waals surface area contributed by atoms with Gasteiger partial charge in [0.05, 0.1) is 0 Å². The van der Waals surface area contributed by atoms with E-state index < -0.39 is 11.9 Å². The van der Waals surface area contributed by atoms with Crippen molar-refractivity contribution >= 4 is 11.9 Å². The highest BCUT2D eigenvalue weighted by molar-refractivity contribution is 5.93. The van der Waals surface area contributed by atoms with Crippen molar-refractivity contribution in [3.63, 3.8) is 0 Å². The van der Waals surface area contributed by atoms with Crippen LogP contribution in [-0.2, 0) is 9.59 Å². The summed E-state index contributed by atoms with van der Waals surface area (Å²) in [5, 5.41) is 19.2. The number of carbonyl (C=O) groups is 2. The number of carboxylic acids is 1. The highest BCUT2D eigenvalue weighted by Crippen LogP contribution is 1.91. The van der Waals surface area contributed by atoms with Gasteiger partial charge < -0.3 is 15.5 Å². The molecule has 0 aromatic heterocycles. The lowest BCUT2D eigenvalue weighted by Gasteiger charge is -2.00. The normalized spacial score (nSPS) is 10.4. The number of hydrogen-bond donors (Lipinski definition) is 3. The lowest BCUT2D eigenvalue weighted by molar-refractivity contribution is -0.131. The van der Waals surface area contributed by atoms with Crippen molar-refractivity contribution in [3.05, 3.63) is 12.2 Å². The SMILES string of the molecule is O=C(O)/C=C\C(=O)NCCCCCO. The van der Waals surface area contributed by atoms with E-state index in [1.807, 2.05) is 0 Å². The van der Waals surface area contributed by atoms with Gasteiger partial charge in [-0.3, -0.25) is 4.79 Å². The predicted molar refractivity (Wildman–Crippen MR) is 50.7 cm³/mol. The number of carboxylic acid groups (broad SMARTS) is 1. The molecule has 0 heterocycles. The third-order valence-corrected chi connectivity index (χ3v) is 1.51. The van der Waals surface area contributed by atoms with E-state index in [9.17, 15) is 9.59 Å². The van der Waals surface area contributed by atoms with Crippen LogP contribution >= 0.6 is 0 Å². The van der Waals surface area contributed by atoms with Gasteiger partial charge in [-0.1, -0.05) is 0 Å². The fraction of sp³-hybridized carbons (Fsp3) is 0.556. The molecule has 80 valence electrons. The summed E-state index contributed by atoms with van der Waals surface area (Å²) < 4.78 is 0. The zero-order valence-corrected chi connectivity index (χ0v) is 7.90.